The molecule has 6 heteroatoms. The van der Waals surface area contributed by atoms with Gasteiger partial charge in [-0.3, -0.25) is 14.9 Å². The van der Waals surface area contributed by atoms with Crippen molar-refractivity contribution in [1.29, 1.82) is 0 Å². The Labute approximate surface area is 124 Å². The third-order valence-corrected chi connectivity index (χ3v) is 4.00. The molecule has 0 bridgehead atoms. The summed E-state index contributed by atoms with van der Waals surface area (Å²) in [4.78, 5) is 22.5. The Morgan fingerprint density at radius 1 is 1.43 bits per heavy atom. The van der Waals surface area contributed by atoms with Crippen molar-refractivity contribution in [3.05, 3.63) is 39.9 Å². The molecule has 1 atom stereocenters. The third kappa shape index (κ3) is 4.53. The van der Waals surface area contributed by atoms with Crippen molar-refractivity contribution in [2.24, 2.45) is 5.73 Å². The Morgan fingerprint density at radius 2 is 2.05 bits per heavy atom. The lowest BCUT2D eigenvalue weighted by atomic mass is 9.93. The highest BCUT2D eigenvalue weighted by molar-refractivity contribution is 5.83. The monoisotopic (exact) mass is 293 g/mol. The number of hydrogen-bond donors (Lipinski definition) is 2. The van der Waals surface area contributed by atoms with Gasteiger partial charge in [0.2, 0.25) is 5.91 Å². The van der Waals surface area contributed by atoms with Crippen LogP contribution in [0.2, 0.25) is 0 Å². The Bertz CT molecular complexity index is 513. The average Bonchev–Trinajstić information content (AvgIpc) is 2.51. The van der Waals surface area contributed by atoms with Crippen LogP contribution in [0, 0.1) is 10.1 Å². The van der Waals surface area contributed by atoms with Crippen LogP contribution in [0.4, 0.5) is 5.69 Å². The van der Waals surface area contributed by atoms with Gasteiger partial charge in [-0.05, 0) is 25.3 Å². The normalized spacial score (nSPS) is 12.8. The number of carbonyl (C=O) groups excluding carboxylic acids is 1. The van der Waals surface area contributed by atoms with E-state index in [0.717, 1.165) is 12.8 Å². The standard InChI is InChI=1S/C15H23N3O3/c1-4-15(16,5-2)10-17-14(19)11(3)12-7-6-8-13(9-12)18(20)21/h6-9,11H,4-5,10,16H2,1-3H3,(H,17,19). The van der Waals surface area contributed by atoms with Gasteiger partial charge in [-0.1, -0.05) is 26.0 Å². The number of nitro benzene ring substituents is 1. The van der Waals surface area contributed by atoms with Crippen LogP contribution in [0.5, 0.6) is 0 Å². The van der Waals surface area contributed by atoms with E-state index in [1.807, 2.05) is 13.8 Å². The molecule has 0 spiro atoms. The van der Waals surface area contributed by atoms with Crippen molar-refractivity contribution in [1.82, 2.24) is 5.32 Å². The van der Waals surface area contributed by atoms with Gasteiger partial charge >= 0.3 is 0 Å². The number of nitrogens with zero attached hydrogens (tertiary/aromatic N) is 1. The van der Waals surface area contributed by atoms with Gasteiger partial charge in [0.15, 0.2) is 0 Å². The smallest absolute Gasteiger partial charge is 0.269 e. The topological polar surface area (TPSA) is 98.3 Å². The van der Waals surface area contributed by atoms with Crippen LogP contribution in [0.3, 0.4) is 0 Å². The van der Waals surface area contributed by atoms with Crippen LogP contribution in [-0.2, 0) is 4.79 Å². The molecular formula is C15H23N3O3. The summed E-state index contributed by atoms with van der Waals surface area (Å²) in [5, 5.41) is 13.6. The van der Waals surface area contributed by atoms with Gasteiger partial charge in [-0.25, -0.2) is 0 Å². The van der Waals surface area contributed by atoms with Crippen LogP contribution < -0.4 is 11.1 Å². The fourth-order valence-electron chi connectivity index (χ4n) is 1.98. The molecule has 1 rings (SSSR count). The fraction of sp³-hybridized carbons (Fsp3) is 0.533. The van der Waals surface area contributed by atoms with Crippen molar-refractivity contribution in [3.63, 3.8) is 0 Å². The zero-order valence-corrected chi connectivity index (χ0v) is 12.8. The second-order valence-electron chi connectivity index (χ2n) is 5.36. The molecule has 1 amide bonds. The lowest BCUT2D eigenvalue weighted by molar-refractivity contribution is -0.384. The third-order valence-electron chi connectivity index (χ3n) is 4.00. The molecule has 0 saturated heterocycles. The number of amides is 1. The number of nitro groups is 1. The van der Waals surface area contributed by atoms with E-state index in [-0.39, 0.29) is 11.6 Å². The van der Waals surface area contributed by atoms with Crippen molar-refractivity contribution < 1.29 is 9.72 Å². The van der Waals surface area contributed by atoms with Crippen LogP contribution in [0.25, 0.3) is 0 Å². The van der Waals surface area contributed by atoms with Gasteiger partial charge in [0.25, 0.3) is 5.69 Å². The summed E-state index contributed by atoms with van der Waals surface area (Å²) in [7, 11) is 0. The van der Waals surface area contributed by atoms with E-state index in [9.17, 15) is 14.9 Å². The minimum atomic E-state index is -0.465. The molecule has 0 aliphatic rings. The minimum absolute atomic E-state index is 0.0116. The molecular weight excluding hydrogens is 270 g/mol. The number of nitrogens with one attached hydrogen (secondary N) is 1. The minimum Gasteiger partial charge on any atom is -0.354 e. The Kier molecular flexibility index (Phi) is 5.84. The molecule has 1 aromatic rings. The molecule has 1 aromatic carbocycles. The molecule has 116 valence electrons. The van der Waals surface area contributed by atoms with E-state index in [0.29, 0.717) is 12.1 Å². The molecule has 0 fully saturated rings. The van der Waals surface area contributed by atoms with Gasteiger partial charge in [0.05, 0.1) is 10.8 Å². The molecule has 0 aromatic heterocycles. The van der Waals surface area contributed by atoms with E-state index < -0.39 is 16.4 Å². The predicted molar refractivity (Wildman–Crippen MR) is 82.0 cm³/mol. The molecule has 6 nitrogen and oxygen atoms in total. The van der Waals surface area contributed by atoms with E-state index in [1.54, 1.807) is 19.1 Å². The number of benzene rings is 1. The fourth-order valence-corrected chi connectivity index (χ4v) is 1.98. The van der Waals surface area contributed by atoms with E-state index in [2.05, 4.69) is 5.32 Å². The van der Waals surface area contributed by atoms with Gasteiger partial charge in [-0.2, -0.15) is 0 Å². The number of carbonyl (C=O) groups is 1. The summed E-state index contributed by atoms with van der Waals surface area (Å²) in [6, 6.07) is 6.14. The highest BCUT2D eigenvalue weighted by Crippen LogP contribution is 2.21. The molecule has 0 heterocycles. The first-order valence-corrected chi connectivity index (χ1v) is 7.14. The first kappa shape index (κ1) is 17.1. The second kappa shape index (κ2) is 7.17. The second-order valence-corrected chi connectivity index (χ2v) is 5.36. The molecule has 0 aliphatic heterocycles. The van der Waals surface area contributed by atoms with Gasteiger partial charge in [-0.15, -0.1) is 0 Å². The summed E-state index contributed by atoms with van der Waals surface area (Å²) in [6.07, 6.45) is 1.55. The molecule has 0 saturated carbocycles. The van der Waals surface area contributed by atoms with Crippen LogP contribution in [-0.4, -0.2) is 22.9 Å². The molecule has 21 heavy (non-hydrogen) atoms. The van der Waals surface area contributed by atoms with Crippen molar-refractivity contribution in [2.75, 3.05) is 6.54 Å². The summed E-state index contributed by atoms with van der Waals surface area (Å²) >= 11 is 0. The van der Waals surface area contributed by atoms with Crippen molar-refractivity contribution in [3.8, 4) is 0 Å². The maximum Gasteiger partial charge on any atom is 0.269 e. The maximum atomic E-state index is 12.2. The quantitative estimate of drug-likeness (QED) is 0.595. The Balaban J connectivity index is 2.74. The van der Waals surface area contributed by atoms with Gasteiger partial charge < -0.3 is 11.1 Å². The number of hydrogen-bond acceptors (Lipinski definition) is 4. The van der Waals surface area contributed by atoms with E-state index in [4.69, 9.17) is 5.73 Å². The zero-order valence-electron chi connectivity index (χ0n) is 12.8. The molecule has 0 aliphatic carbocycles. The average molecular weight is 293 g/mol. The summed E-state index contributed by atoms with van der Waals surface area (Å²) in [6.45, 7) is 6.10. The number of rotatable bonds is 7. The molecule has 3 N–H and O–H groups in total. The summed E-state index contributed by atoms with van der Waals surface area (Å²) in [5.74, 6) is -0.630. The number of nitrogens with two attached hydrogens (primary N) is 1. The summed E-state index contributed by atoms with van der Waals surface area (Å²) < 4.78 is 0. The van der Waals surface area contributed by atoms with Gasteiger partial charge in [0, 0.05) is 24.2 Å². The zero-order chi connectivity index (χ0) is 16.0. The molecule has 1 unspecified atom stereocenters. The lowest BCUT2D eigenvalue weighted by Gasteiger charge is -2.27. The first-order chi connectivity index (χ1) is 9.83. The largest absolute Gasteiger partial charge is 0.354 e. The number of non-ortho nitro benzene ring substituents is 1. The SMILES string of the molecule is CCC(N)(CC)CNC(=O)C(C)c1cccc([N+](=O)[O-])c1. The highest BCUT2D eigenvalue weighted by atomic mass is 16.6. The first-order valence-electron chi connectivity index (χ1n) is 7.14. The van der Waals surface area contributed by atoms with Crippen LogP contribution >= 0.6 is 0 Å². The lowest BCUT2D eigenvalue weighted by Crippen LogP contribution is -2.49. The highest BCUT2D eigenvalue weighted by Gasteiger charge is 2.23. The Hall–Kier alpha value is -1.95. The Morgan fingerprint density at radius 3 is 2.57 bits per heavy atom. The van der Waals surface area contributed by atoms with Crippen LogP contribution in [0.15, 0.2) is 24.3 Å². The van der Waals surface area contributed by atoms with Crippen LogP contribution in [0.1, 0.15) is 45.1 Å². The predicted octanol–water partition coefficient (Wildman–Crippen LogP) is 2.33. The maximum absolute atomic E-state index is 12.2. The summed E-state index contributed by atoms with van der Waals surface area (Å²) in [5.41, 5.74) is 6.35. The van der Waals surface area contributed by atoms with Crippen molar-refractivity contribution in [2.45, 2.75) is 45.1 Å². The molecule has 0 radical (unpaired) electrons. The van der Waals surface area contributed by atoms with Gasteiger partial charge in [0.1, 0.15) is 0 Å². The van der Waals surface area contributed by atoms with E-state index >= 15 is 0 Å². The van der Waals surface area contributed by atoms with E-state index in [1.165, 1.54) is 12.1 Å². The van der Waals surface area contributed by atoms with Crippen molar-refractivity contribution >= 4 is 11.6 Å².